The van der Waals surface area contributed by atoms with Crippen molar-refractivity contribution in [3.05, 3.63) is 66.3 Å². The summed E-state index contributed by atoms with van der Waals surface area (Å²) < 4.78 is 0. The minimum Gasteiger partial charge on any atom is -0.304 e. The molecule has 0 saturated heterocycles. The molecule has 0 fully saturated rings. The minimum absolute atomic E-state index is 0.121. The van der Waals surface area contributed by atoms with Crippen LogP contribution in [-0.2, 0) is 4.79 Å². The van der Waals surface area contributed by atoms with Gasteiger partial charge in [0.25, 0.3) is 0 Å². The fraction of sp³-hybridized carbons (Fsp3) is 0.0667. The first-order chi connectivity index (χ1) is 8.77. The van der Waals surface area contributed by atoms with Crippen molar-refractivity contribution < 1.29 is 4.79 Å². The molecule has 0 aromatic heterocycles. The molecule has 0 spiro atoms. The summed E-state index contributed by atoms with van der Waals surface area (Å²) in [6.07, 6.45) is 11.9. The van der Waals surface area contributed by atoms with E-state index in [1.165, 1.54) is 5.56 Å². The monoisotopic (exact) mass is 259 g/mol. The van der Waals surface area contributed by atoms with Crippen molar-refractivity contribution in [2.45, 2.75) is 0 Å². The van der Waals surface area contributed by atoms with Crippen molar-refractivity contribution in [3.63, 3.8) is 0 Å². The van der Waals surface area contributed by atoms with E-state index in [0.29, 0.717) is 5.71 Å². The molecular formula is C15H14ClNO. The zero-order chi connectivity index (χ0) is 13.2. The zero-order valence-electron chi connectivity index (χ0n) is 9.79. The molecule has 1 N–H and O–H groups in total. The van der Waals surface area contributed by atoms with Gasteiger partial charge in [-0.15, -0.1) is 0 Å². The maximum atomic E-state index is 8.57. The van der Waals surface area contributed by atoms with E-state index in [0.717, 1.165) is 0 Å². The number of halogens is 1. The lowest BCUT2D eigenvalue weighted by Gasteiger charge is -2.08. The molecule has 1 aromatic carbocycles. The number of nitrogens with one attached hydrogen (secondary N) is 1. The van der Waals surface area contributed by atoms with E-state index in [1.54, 1.807) is 0 Å². The number of rotatable bonds is 2. The molecule has 0 bridgehead atoms. The summed E-state index contributed by atoms with van der Waals surface area (Å²) in [4.78, 5) is 8.57. The van der Waals surface area contributed by atoms with Gasteiger partial charge in [-0.25, -0.2) is 0 Å². The molecule has 1 aliphatic carbocycles. The summed E-state index contributed by atoms with van der Waals surface area (Å²) in [6.45, 7) is 0. The second kappa shape index (κ2) is 8.20. The number of hydrogen-bond acceptors (Lipinski definition) is 2. The van der Waals surface area contributed by atoms with Crippen LogP contribution in [-0.4, -0.2) is 11.5 Å². The van der Waals surface area contributed by atoms with Crippen LogP contribution in [0.2, 0.25) is 0 Å². The van der Waals surface area contributed by atoms with Crippen molar-refractivity contribution in [1.29, 1.82) is 5.41 Å². The Morgan fingerprint density at radius 3 is 2.44 bits per heavy atom. The van der Waals surface area contributed by atoms with Crippen LogP contribution in [0.5, 0.6) is 0 Å². The molecule has 2 rings (SSSR count). The molecule has 0 radical (unpaired) electrons. The van der Waals surface area contributed by atoms with E-state index in [1.807, 2.05) is 42.5 Å². The normalized spacial score (nSPS) is 17.4. The number of carbonyl (C=O) groups is 1. The topological polar surface area (TPSA) is 40.9 Å². The maximum absolute atomic E-state index is 8.57. The van der Waals surface area contributed by atoms with Crippen LogP contribution in [0.15, 0.2) is 60.7 Å². The van der Waals surface area contributed by atoms with Crippen molar-refractivity contribution in [2.24, 2.45) is 5.92 Å². The predicted octanol–water partition coefficient (Wildman–Crippen LogP) is 3.88. The molecular weight excluding hydrogens is 246 g/mol. The van der Waals surface area contributed by atoms with Crippen LogP contribution in [0, 0.1) is 11.3 Å². The molecule has 18 heavy (non-hydrogen) atoms. The van der Waals surface area contributed by atoms with Crippen LogP contribution in [0.25, 0.3) is 6.08 Å². The van der Waals surface area contributed by atoms with Crippen LogP contribution in [0.3, 0.4) is 0 Å². The molecule has 0 heterocycles. The van der Waals surface area contributed by atoms with E-state index in [4.69, 9.17) is 10.2 Å². The third kappa shape index (κ3) is 4.93. The van der Waals surface area contributed by atoms with E-state index in [-0.39, 0.29) is 11.7 Å². The van der Waals surface area contributed by atoms with Crippen LogP contribution in [0.4, 0.5) is 0 Å². The van der Waals surface area contributed by atoms with Gasteiger partial charge >= 0.3 is 0 Å². The van der Waals surface area contributed by atoms with Gasteiger partial charge in [0.05, 0.1) is 0 Å². The molecule has 3 heteroatoms. The number of benzene rings is 1. The molecule has 1 aromatic rings. The smallest absolute Gasteiger partial charge is 0.208 e. The summed E-state index contributed by atoms with van der Waals surface area (Å²) in [5, 5.41) is 7.72. The molecule has 1 atom stereocenters. The standard InChI is InChI=1S/C14H13N.CHClO/c15-14-9-5-4-8-13(14)11-10-12-6-2-1-3-7-12;2-1-3/h1-11,13,15H;1H. The van der Waals surface area contributed by atoms with Gasteiger partial charge in [-0.05, 0) is 23.2 Å². The first kappa shape index (κ1) is 14.1. The SMILES string of the molecule is N=C1C=CC=CC1C=Cc1ccccc1.O=CCl. The Kier molecular flexibility index (Phi) is 6.44. The average molecular weight is 260 g/mol. The maximum Gasteiger partial charge on any atom is 0.208 e. The van der Waals surface area contributed by atoms with Gasteiger partial charge in [0.2, 0.25) is 5.75 Å². The zero-order valence-corrected chi connectivity index (χ0v) is 10.5. The van der Waals surface area contributed by atoms with Gasteiger partial charge in [0.15, 0.2) is 0 Å². The van der Waals surface area contributed by atoms with Gasteiger partial charge in [0, 0.05) is 11.6 Å². The Bertz CT molecular complexity index is 475. The first-order valence-corrected chi connectivity index (χ1v) is 5.92. The third-order valence-electron chi connectivity index (χ3n) is 2.36. The summed E-state index contributed by atoms with van der Waals surface area (Å²) in [5.74, 6) is 0.343. The fourth-order valence-electron chi connectivity index (χ4n) is 1.50. The van der Waals surface area contributed by atoms with Gasteiger partial charge in [-0.3, -0.25) is 4.79 Å². The molecule has 92 valence electrons. The van der Waals surface area contributed by atoms with E-state index in [9.17, 15) is 0 Å². The molecule has 0 saturated carbocycles. The van der Waals surface area contributed by atoms with Crippen LogP contribution in [0.1, 0.15) is 5.56 Å². The van der Waals surface area contributed by atoms with E-state index in [2.05, 4.69) is 35.9 Å². The first-order valence-electron chi connectivity index (χ1n) is 5.48. The Morgan fingerprint density at radius 1 is 1.17 bits per heavy atom. The Balaban J connectivity index is 0.000000492. The molecule has 0 amide bonds. The summed E-state index contributed by atoms with van der Waals surface area (Å²) >= 11 is 4.32. The van der Waals surface area contributed by atoms with Crippen LogP contribution < -0.4 is 0 Å². The highest BCUT2D eigenvalue weighted by Gasteiger charge is 2.06. The quantitative estimate of drug-likeness (QED) is 0.636. The van der Waals surface area contributed by atoms with Gasteiger partial charge in [-0.2, -0.15) is 0 Å². The average Bonchev–Trinajstić information content (AvgIpc) is 2.40. The third-order valence-corrected chi connectivity index (χ3v) is 2.36. The largest absolute Gasteiger partial charge is 0.304 e. The summed E-state index contributed by atoms with van der Waals surface area (Å²) in [6, 6.07) is 10.1. The fourth-order valence-corrected chi connectivity index (χ4v) is 1.50. The van der Waals surface area contributed by atoms with Gasteiger partial charge in [-0.1, -0.05) is 60.7 Å². The molecule has 0 aliphatic heterocycles. The lowest BCUT2D eigenvalue weighted by Crippen LogP contribution is -2.07. The lowest BCUT2D eigenvalue weighted by molar-refractivity contribution is 0.569. The van der Waals surface area contributed by atoms with Crippen molar-refractivity contribution in [1.82, 2.24) is 0 Å². The minimum atomic E-state index is 0.121. The Hall–Kier alpha value is -1.93. The van der Waals surface area contributed by atoms with Gasteiger partial charge in [0.1, 0.15) is 0 Å². The van der Waals surface area contributed by atoms with Crippen LogP contribution >= 0.6 is 11.6 Å². The highest BCUT2D eigenvalue weighted by atomic mass is 35.5. The second-order valence-corrected chi connectivity index (χ2v) is 3.76. The Labute approximate surface area is 112 Å². The van der Waals surface area contributed by atoms with Gasteiger partial charge < -0.3 is 5.41 Å². The number of carbonyl (C=O) groups excluding carboxylic acids is 1. The molecule has 1 aliphatic rings. The molecule has 1 unspecified atom stereocenters. The highest BCUT2D eigenvalue weighted by molar-refractivity contribution is 6.54. The predicted molar refractivity (Wildman–Crippen MR) is 77.6 cm³/mol. The summed E-state index contributed by atoms with van der Waals surface area (Å²) in [5.41, 5.74) is 1.82. The van der Waals surface area contributed by atoms with Crippen molar-refractivity contribution >= 4 is 29.1 Å². The Morgan fingerprint density at radius 2 is 1.83 bits per heavy atom. The summed E-state index contributed by atoms with van der Waals surface area (Å²) in [7, 11) is 0. The van der Waals surface area contributed by atoms with E-state index < -0.39 is 0 Å². The van der Waals surface area contributed by atoms with E-state index >= 15 is 0 Å². The second-order valence-electron chi connectivity index (χ2n) is 3.58. The highest BCUT2D eigenvalue weighted by Crippen LogP contribution is 2.12. The molecule has 2 nitrogen and oxygen atoms in total. The van der Waals surface area contributed by atoms with Crippen molar-refractivity contribution in [2.75, 3.05) is 0 Å². The number of allylic oxidation sites excluding steroid dienone is 5. The lowest BCUT2D eigenvalue weighted by atomic mass is 9.97. The van der Waals surface area contributed by atoms with Crippen molar-refractivity contribution in [3.8, 4) is 0 Å². The number of hydrogen-bond donors (Lipinski definition) is 1.